The molecule has 0 aliphatic carbocycles. The summed E-state index contributed by atoms with van der Waals surface area (Å²) in [6.07, 6.45) is 0.924. The molecule has 0 saturated heterocycles. The number of aromatic nitrogens is 1. The first-order chi connectivity index (χ1) is 9.77. The zero-order chi connectivity index (χ0) is 15.4. The fourth-order valence-electron chi connectivity index (χ4n) is 3.31. The lowest BCUT2D eigenvalue weighted by molar-refractivity contribution is 0.0778. The molecule has 0 radical (unpaired) electrons. The summed E-state index contributed by atoms with van der Waals surface area (Å²) in [7, 11) is 2.10. The SMILES string of the molecule is Cc1cc(Cl)cc2c(C(C)(C)O)c3c(nc12)CCN(C)C3. The van der Waals surface area contributed by atoms with Crippen LogP contribution in [-0.2, 0) is 18.6 Å². The molecule has 1 aliphatic rings. The number of likely N-dealkylation sites (N-methyl/N-ethyl adjacent to an activating group) is 1. The van der Waals surface area contributed by atoms with Crippen molar-refractivity contribution in [3.8, 4) is 0 Å². The Balaban J connectivity index is 2.43. The molecule has 112 valence electrons. The predicted octanol–water partition coefficient (Wildman–Crippen LogP) is 3.41. The van der Waals surface area contributed by atoms with Gasteiger partial charge in [-0.3, -0.25) is 4.98 Å². The first-order valence-electron chi connectivity index (χ1n) is 7.30. The molecular formula is C17H21ClN2O. The van der Waals surface area contributed by atoms with E-state index in [1.54, 1.807) is 0 Å². The fourth-order valence-corrected chi connectivity index (χ4v) is 3.58. The van der Waals surface area contributed by atoms with Gasteiger partial charge < -0.3 is 10.0 Å². The highest BCUT2D eigenvalue weighted by Crippen LogP contribution is 2.37. The Morgan fingerprint density at radius 3 is 2.71 bits per heavy atom. The van der Waals surface area contributed by atoms with Crippen LogP contribution in [0.25, 0.3) is 10.9 Å². The van der Waals surface area contributed by atoms with E-state index in [1.807, 2.05) is 32.9 Å². The molecule has 0 saturated carbocycles. The first kappa shape index (κ1) is 14.8. The van der Waals surface area contributed by atoms with Crippen molar-refractivity contribution in [1.82, 2.24) is 9.88 Å². The molecular weight excluding hydrogens is 284 g/mol. The van der Waals surface area contributed by atoms with E-state index in [2.05, 4.69) is 11.9 Å². The van der Waals surface area contributed by atoms with Crippen LogP contribution in [0.5, 0.6) is 0 Å². The molecule has 21 heavy (non-hydrogen) atoms. The van der Waals surface area contributed by atoms with Crippen molar-refractivity contribution in [3.63, 3.8) is 0 Å². The average molecular weight is 305 g/mol. The number of rotatable bonds is 1. The molecule has 1 aliphatic heterocycles. The third-order valence-electron chi connectivity index (χ3n) is 4.20. The second kappa shape index (κ2) is 4.94. The Kier molecular flexibility index (Phi) is 3.47. The number of aliphatic hydroxyl groups is 1. The number of fused-ring (bicyclic) bond motifs is 2. The summed E-state index contributed by atoms with van der Waals surface area (Å²) in [5.41, 5.74) is 4.35. The predicted molar refractivity (Wildman–Crippen MR) is 86.8 cm³/mol. The van der Waals surface area contributed by atoms with Crippen molar-refractivity contribution in [3.05, 3.63) is 39.5 Å². The molecule has 2 aromatic rings. The van der Waals surface area contributed by atoms with Crippen molar-refractivity contribution < 1.29 is 5.11 Å². The van der Waals surface area contributed by atoms with E-state index in [4.69, 9.17) is 16.6 Å². The van der Waals surface area contributed by atoms with E-state index in [-0.39, 0.29) is 0 Å². The fraction of sp³-hybridized carbons (Fsp3) is 0.471. The summed E-state index contributed by atoms with van der Waals surface area (Å²) in [4.78, 5) is 7.13. The molecule has 0 amide bonds. The van der Waals surface area contributed by atoms with Crippen LogP contribution in [0.2, 0.25) is 5.02 Å². The largest absolute Gasteiger partial charge is 0.386 e. The third kappa shape index (κ3) is 2.54. The van der Waals surface area contributed by atoms with Crippen LogP contribution < -0.4 is 0 Å². The maximum absolute atomic E-state index is 10.7. The van der Waals surface area contributed by atoms with Crippen molar-refractivity contribution in [2.75, 3.05) is 13.6 Å². The van der Waals surface area contributed by atoms with Gasteiger partial charge in [0.25, 0.3) is 0 Å². The summed E-state index contributed by atoms with van der Waals surface area (Å²) in [6.45, 7) is 7.53. The molecule has 1 aromatic heterocycles. The second-order valence-corrected chi connectivity index (χ2v) is 7.01. The number of pyridine rings is 1. The molecule has 2 heterocycles. The molecule has 0 spiro atoms. The number of aryl methyl sites for hydroxylation is 1. The molecule has 0 atom stereocenters. The highest BCUT2D eigenvalue weighted by molar-refractivity contribution is 6.31. The van der Waals surface area contributed by atoms with Gasteiger partial charge in [-0.2, -0.15) is 0 Å². The van der Waals surface area contributed by atoms with Crippen molar-refractivity contribution >= 4 is 22.5 Å². The first-order valence-corrected chi connectivity index (χ1v) is 7.68. The Morgan fingerprint density at radius 1 is 1.33 bits per heavy atom. The normalized spacial score (nSPS) is 16.3. The van der Waals surface area contributed by atoms with Crippen LogP contribution in [0.3, 0.4) is 0 Å². The van der Waals surface area contributed by atoms with Gasteiger partial charge in [0.05, 0.1) is 11.1 Å². The summed E-state index contributed by atoms with van der Waals surface area (Å²) >= 11 is 6.24. The topological polar surface area (TPSA) is 36.4 Å². The Morgan fingerprint density at radius 2 is 2.05 bits per heavy atom. The molecule has 3 nitrogen and oxygen atoms in total. The van der Waals surface area contributed by atoms with Gasteiger partial charge in [-0.15, -0.1) is 0 Å². The molecule has 1 aromatic carbocycles. The van der Waals surface area contributed by atoms with Crippen molar-refractivity contribution in [1.29, 1.82) is 0 Å². The van der Waals surface area contributed by atoms with Gasteiger partial charge in [0.15, 0.2) is 0 Å². The zero-order valence-corrected chi connectivity index (χ0v) is 13.8. The Bertz CT molecular complexity index is 719. The van der Waals surface area contributed by atoms with E-state index >= 15 is 0 Å². The maximum atomic E-state index is 10.7. The van der Waals surface area contributed by atoms with E-state index in [0.29, 0.717) is 5.02 Å². The lowest BCUT2D eigenvalue weighted by atomic mass is 9.86. The van der Waals surface area contributed by atoms with E-state index < -0.39 is 5.60 Å². The lowest BCUT2D eigenvalue weighted by Crippen LogP contribution is -2.31. The van der Waals surface area contributed by atoms with E-state index in [9.17, 15) is 5.11 Å². The summed E-state index contributed by atoms with van der Waals surface area (Å²) in [5, 5.41) is 12.4. The number of nitrogens with zero attached hydrogens (tertiary/aromatic N) is 2. The van der Waals surface area contributed by atoms with Crippen LogP contribution in [0.1, 0.15) is 36.2 Å². The number of hydrogen-bond acceptors (Lipinski definition) is 3. The lowest BCUT2D eigenvalue weighted by Gasteiger charge is -2.31. The molecule has 1 N–H and O–H groups in total. The van der Waals surface area contributed by atoms with Gasteiger partial charge in [-0.05, 0) is 56.6 Å². The van der Waals surface area contributed by atoms with E-state index in [0.717, 1.165) is 52.8 Å². The van der Waals surface area contributed by atoms with E-state index in [1.165, 1.54) is 0 Å². The third-order valence-corrected chi connectivity index (χ3v) is 4.42. The van der Waals surface area contributed by atoms with Crippen LogP contribution in [0, 0.1) is 6.92 Å². The summed E-state index contributed by atoms with van der Waals surface area (Å²) in [6, 6.07) is 3.87. The van der Waals surface area contributed by atoms with Gasteiger partial charge in [0.1, 0.15) is 0 Å². The maximum Gasteiger partial charge on any atom is 0.0850 e. The zero-order valence-electron chi connectivity index (χ0n) is 13.0. The van der Waals surface area contributed by atoms with Crippen molar-refractivity contribution in [2.45, 2.75) is 39.3 Å². The van der Waals surface area contributed by atoms with Crippen LogP contribution in [-0.4, -0.2) is 28.6 Å². The smallest absolute Gasteiger partial charge is 0.0850 e. The summed E-state index contributed by atoms with van der Waals surface area (Å²) < 4.78 is 0. The minimum Gasteiger partial charge on any atom is -0.386 e. The minimum atomic E-state index is -0.916. The Hall–Kier alpha value is -1.16. The monoisotopic (exact) mass is 304 g/mol. The second-order valence-electron chi connectivity index (χ2n) is 6.58. The van der Waals surface area contributed by atoms with Crippen LogP contribution in [0.15, 0.2) is 12.1 Å². The Labute approximate surface area is 130 Å². The molecule has 4 heteroatoms. The van der Waals surface area contributed by atoms with Crippen LogP contribution in [0.4, 0.5) is 0 Å². The average Bonchev–Trinajstić information content (AvgIpc) is 2.34. The van der Waals surface area contributed by atoms with Crippen LogP contribution >= 0.6 is 11.6 Å². The van der Waals surface area contributed by atoms with Gasteiger partial charge >= 0.3 is 0 Å². The van der Waals surface area contributed by atoms with Gasteiger partial charge in [-0.25, -0.2) is 0 Å². The molecule has 0 bridgehead atoms. The molecule has 0 unspecified atom stereocenters. The van der Waals surface area contributed by atoms with Gasteiger partial charge in [0, 0.05) is 35.6 Å². The number of benzene rings is 1. The minimum absolute atomic E-state index is 0.691. The summed E-state index contributed by atoms with van der Waals surface area (Å²) in [5.74, 6) is 0. The highest BCUT2D eigenvalue weighted by Gasteiger charge is 2.29. The quantitative estimate of drug-likeness (QED) is 0.877. The number of hydrogen-bond donors (Lipinski definition) is 1. The van der Waals surface area contributed by atoms with Crippen molar-refractivity contribution in [2.24, 2.45) is 0 Å². The standard InChI is InChI=1S/C17H21ClN2O/c1-10-7-11(18)8-12-15(17(2,3)21)13-9-20(4)6-5-14(13)19-16(10)12/h7-8,21H,5-6,9H2,1-4H3. The number of halogens is 1. The molecule has 0 fully saturated rings. The highest BCUT2D eigenvalue weighted by atomic mass is 35.5. The molecule has 3 rings (SSSR count). The van der Waals surface area contributed by atoms with Gasteiger partial charge in [-0.1, -0.05) is 11.6 Å². The van der Waals surface area contributed by atoms with Gasteiger partial charge in [0.2, 0.25) is 0 Å².